The summed E-state index contributed by atoms with van der Waals surface area (Å²) >= 11 is 1.45. The van der Waals surface area contributed by atoms with Crippen LogP contribution < -0.4 is 5.32 Å². The van der Waals surface area contributed by atoms with E-state index in [1.54, 1.807) is 12.1 Å². The Bertz CT molecular complexity index is 449. The number of nitrogens with zero attached hydrogens (tertiary/aromatic N) is 1. The number of nitro benzene ring substituents is 1. The van der Waals surface area contributed by atoms with Gasteiger partial charge in [-0.25, -0.2) is 0 Å². The number of carbonyl (C=O) groups is 1. The van der Waals surface area contributed by atoms with Crippen molar-refractivity contribution in [3.8, 4) is 0 Å². The first-order chi connectivity index (χ1) is 8.60. The molecule has 1 aromatic carbocycles. The van der Waals surface area contributed by atoms with Gasteiger partial charge in [-0.1, -0.05) is 13.3 Å². The fourth-order valence-corrected chi connectivity index (χ4v) is 1.90. The van der Waals surface area contributed by atoms with Crippen molar-refractivity contribution in [2.75, 3.05) is 12.8 Å². The number of hydrogen-bond donors (Lipinski definition) is 1. The van der Waals surface area contributed by atoms with Crippen molar-refractivity contribution in [2.24, 2.45) is 0 Å². The highest BCUT2D eigenvalue weighted by Crippen LogP contribution is 2.24. The molecular formula is C12H16N2O3S. The average Bonchev–Trinajstić information content (AvgIpc) is 2.38. The zero-order valence-corrected chi connectivity index (χ0v) is 11.3. The molecule has 0 radical (unpaired) electrons. The molecule has 0 aliphatic carbocycles. The number of hydrogen-bond acceptors (Lipinski definition) is 4. The molecule has 0 aliphatic rings. The first kappa shape index (κ1) is 14.5. The van der Waals surface area contributed by atoms with E-state index in [-0.39, 0.29) is 17.2 Å². The van der Waals surface area contributed by atoms with Crippen molar-refractivity contribution in [1.82, 2.24) is 5.32 Å². The Morgan fingerprint density at radius 2 is 2.22 bits per heavy atom. The van der Waals surface area contributed by atoms with E-state index in [2.05, 4.69) is 5.32 Å². The molecule has 0 bridgehead atoms. The minimum absolute atomic E-state index is 0.128. The van der Waals surface area contributed by atoms with Crippen LogP contribution in [0.4, 0.5) is 5.69 Å². The van der Waals surface area contributed by atoms with Crippen LogP contribution in [-0.2, 0) is 0 Å². The molecule has 1 rings (SSSR count). The maximum atomic E-state index is 11.9. The summed E-state index contributed by atoms with van der Waals surface area (Å²) in [4.78, 5) is 23.1. The Balaban J connectivity index is 2.96. The lowest BCUT2D eigenvalue weighted by molar-refractivity contribution is -0.385. The van der Waals surface area contributed by atoms with Gasteiger partial charge in [-0.2, -0.15) is 0 Å². The molecule has 0 aliphatic heterocycles. The zero-order chi connectivity index (χ0) is 13.5. The van der Waals surface area contributed by atoms with Crippen LogP contribution in [0.5, 0.6) is 0 Å². The number of amides is 1. The van der Waals surface area contributed by atoms with Crippen molar-refractivity contribution in [3.63, 3.8) is 0 Å². The van der Waals surface area contributed by atoms with Crippen molar-refractivity contribution >= 4 is 23.4 Å². The van der Waals surface area contributed by atoms with Crippen LogP contribution in [0.1, 0.15) is 30.1 Å². The average molecular weight is 268 g/mol. The number of rotatable bonds is 6. The maximum Gasteiger partial charge on any atom is 0.282 e. The second-order valence-electron chi connectivity index (χ2n) is 3.75. The number of nitro groups is 1. The molecule has 1 aromatic rings. The minimum Gasteiger partial charge on any atom is -0.352 e. The summed E-state index contributed by atoms with van der Waals surface area (Å²) in [7, 11) is 0. The van der Waals surface area contributed by atoms with Gasteiger partial charge in [0.05, 0.1) is 4.92 Å². The maximum absolute atomic E-state index is 11.9. The Morgan fingerprint density at radius 3 is 2.78 bits per heavy atom. The molecule has 18 heavy (non-hydrogen) atoms. The Labute approximate surface area is 110 Å². The first-order valence-corrected chi connectivity index (χ1v) is 6.93. The zero-order valence-electron chi connectivity index (χ0n) is 10.4. The van der Waals surface area contributed by atoms with Crippen LogP contribution in [0.25, 0.3) is 0 Å². The summed E-state index contributed by atoms with van der Waals surface area (Å²) in [6, 6.07) is 4.58. The smallest absolute Gasteiger partial charge is 0.282 e. The number of unbranched alkanes of at least 4 members (excludes halogenated alkanes) is 1. The van der Waals surface area contributed by atoms with Crippen LogP contribution in [0.3, 0.4) is 0 Å². The second-order valence-corrected chi connectivity index (χ2v) is 4.63. The molecule has 5 nitrogen and oxygen atoms in total. The predicted molar refractivity (Wildman–Crippen MR) is 72.1 cm³/mol. The van der Waals surface area contributed by atoms with E-state index in [0.717, 1.165) is 17.7 Å². The van der Waals surface area contributed by atoms with Crippen molar-refractivity contribution < 1.29 is 9.72 Å². The Morgan fingerprint density at radius 1 is 1.50 bits per heavy atom. The van der Waals surface area contributed by atoms with Gasteiger partial charge in [0.25, 0.3) is 11.6 Å². The van der Waals surface area contributed by atoms with Crippen LogP contribution in [-0.4, -0.2) is 23.6 Å². The summed E-state index contributed by atoms with van der Waals surface area (Å²) in [6.07, 6.45) is 3.69. The second kappa shape index (κ2) is 7.00. The van der Waals surface area contributed by atoms with E-state index in [0.29, 0.717) is 6.54 Å². The number of nitrogens with one attached hydrogen (secondary N) is 1. The molecule has 0 saturated heterocycles. The van der Waals surface area contributed by atoms with Crippen molar-refractivity contribution in [2.45, 2.75) is 24.7 Å². The van der Waals surface area contributed by atoms with Crippen LogP contribution in [0.2, 0.25) is 0 Å². The topological polar surface area (TPSA) is 72.2 Å². The van der Waals surface area contributed by atoms with E-state index < -0.39 is 4.92 Å². The molecule has 0 saturated carbocycles. The summed E-state index contributed by atoms with van der Waals surface area (Å²) in [6.45, 7) is 2.55. The molecule has 6 heteroatoms. The summed E-state index contributed by atoms with van der Waals surface area (Å²) in [5.74, 6) is -0.383. The number of carbonyl (C=O) groups excluding carboxylic acids is 1. The van der Waals surface area contributed by atoms with Gasteiger partial charge in [-0.05, 0) is 24.8 Å². The fraction of sp³-hybridized carbons (Fsp3) is 0.417. The highest BCUT2D eigenvalue weighted by atomic mass is 32.2. The Hall–Kier alpha value is -1.56. The third-order valence-corrected chi connectivity index (χ3v) is 3.19. The summed E-state index contributed by atoms with van der Waals surface area (Å²) in [5.41, 5.74) is -0.0234. The van der Waals surface area contributed by atoms with Gasteiger partial charge in [0.15, 0.2) is 0 Å². The standard InChI is InChI=1S/C12H16N2O3S/c1-3-4-7-13-12(15)10-8-9(18-2)5-6-11(10)14(16)17/h5-6,8H,3-4,7H2,1-2H3,(H,13,15). The first-order valence-electron chi connectivity index (χ1n) is 5.70. The lowest BCUT2D eigenvalue weighted by atomic mass is 10.1. The molecule has 0 fully saturated rings. The molecule has 0 aromatic heterocycles. The number of thioether (sulfide) groups is 1. The predicted octanol–water partition coefficient (Wildman–Crippen LogP) is 2.85. The molecule has 1 amide bonds. The molecule has 0 atom stereocenters. The van der Waals surface area contributed by atoms with E-state index in [1.807, 2.05) is 13.2 Å². The largest absolute Gasteiger partial charge is 0.352 e. The van der Waals surface area contributed by atoms with E-state index in [4.69, 9.17) is 0 Å². The van der Waals surface area contributed by atoms with E-state index >= 15 is 0 Å². The van der Waals surface area contributed by atoms with Crippen molar-refractivity contribution in [3.05, 3.63) is 33.9 Å². The van der Waals surface area contributed by atoms with Gasteiger partial charge >= 0.3 is 0 Å². The summed E-state index contributed by atoms with van der Waals surface area (Å²) in [5, 5.41) is 13.6. The third kappa shape index (κ3) is 3.73. The van der Waals surface area contributed by atoms with Crippen molar-refractivity contribution in [1.29, 1.82) is 0 Å². The van der Waals surface area contributed by atoms with Gasteiger partial charge < -0.3 is 5.32 Å². The van der Waals surface area contributed by atoms with Crippen LogP contribution >= 0.6 is 11.8 Å². The molecule has 1 N–H and O–H groups in total. The molecule has 0 spiro atoms. The quantitative estimate of drug-likeness (QED) is 0.372. The Kier molecular flexibility index (Phi) is 5.64. The third-order valence-electron chi connectivity index (χ3n) is 2.46. The van der Waals surface area contributed by atoms with Gasteiger partial charge in [0, 0.05) is 17.5 Å². The lowest BCUT2D eigenvalue weighted by Crippen LogP contribution is -2.25. The van der Waals surface area contributed by atoms with Gasteiger partial charge in [0.1, 0.15) is 5.56 Å². The van der Waals surface area contributed by atoms with E-state index in [9.17, 15) is 14.9 Å². The highest BCUT2D eigenvalue weighted by molar-refractivity contribution is 7.98. The molecular weight excluding hydrogens is 252 g/mol. The van der Waals surface area contributed by atoms with Crippen LogP contribution in [0, 0.1) is 10.1 Å². The SMILES string of the molecule is CCCCNC(=O)c1cc(SC)ccc1[N+](=O)[O-]. The fourth-order valence-electron chi connectivity index (χ4n) is 1.46. The van der Waals surface area contributed by atoms with Gasteiger partial charge in [0.2, 0.25) is 0 Å². The monoisotopic (exact) mass is 268 g/mol. The number of benzene rings is 1. The molecule has 98 valence electrons. The van der Waals surface area contributed by atoms with Crippen LogP contribution in [0.15, 0.2) is 23.1 Å². The minimum atomic E-state index is -0.529. The summed E-state index contributed by atoms with van der Waals surface area (Å²) < 4.78 is 0. The normalized spacial score (nSPS) is 10.1. The van der Waals surface area contributed by atoms with Gasteiger partial charge in [-0.15, -0.1) is 11.8 Å². The lowest BCUT2D eigenvalue weighted by Gasteiger charge is -2.06. The molecule has 0 unspecified atom stereocenters. The molecule has 0 heterocycles. The van der Waals surface area contributed by atoms with E-state index in [1.165, 1.54) is 17.8 Å². The highest BCUT2D eigenvalue weighted by Gasteiger charge is 2.20. The van der Waals surface area contributed by atoms with Gasteiger partial charge in [-0.3, -0.25) is 14.9 Å².